The summed E-state index contributed by atoms with van der Waals surface area (Å²) in [5.41, 5.74) is 8.27. The first kappa shape index (κ1) is 23.9. The van der Waals surface area contributed by atoms with Crippen LogP contribution in [0.25, 0.3) is 5.65 Å². The summed E-state index contributed by atoms with van der Waals surface area (Å²) in [6.07, 6.45) is 3.36. The van der Waals surface area contributed by atoms with Crippen LogP contribution in [-0.4, -0.2) is 32.4 Å². The van der Waals surface area contributed by atoms with E-state index < -0.39 is 17.9 Å². The zero-order valence-corrected chi connectivity index (χ0v) is 18.9. The number of rotatable bonds is 7. The number of aromatic nitrogens is 3. The van der Waals surface area contributed by atoms with Gasteiger partial charge in [-0.15, -0.1) is 0 Å². The van der Waals surface area contributed by atoms with Crippen LogP contribution in [0.2, 0.25) is 0 Å². The lowest BCUT2D eigenvalue weighted by Gasteiger charge is -2.35. The Morgan fingerprint density at radius 3 is 2.48 bits per heavy atom. The van der Waals surface area contributed by atoms with Gasteiger partial charge in [-0.1, -0.05) is 13.8 Å². The molecule has 10 heteroatoms. The Balaban J connectivity index is 1.45. The molecule has 2 aliphatic rings. The van der Waals surface area contributed by atoms with Gasteiger partial charge in [-0.25, -0.2) is 27.1 Å². The van der Waals surface area contributed by atoms with Gasteiger partial charge >= 0.3 is 0 Å². The van der Waals surface area contributed by atoms with Gasteiger partial charge in [0.25, 0.3) is 0 Å². The van der Waals surface area contributed by atoms with E-state index in [0.717, 1.165) is 5.56 Å². The summed E-state index contributed by atoms with van der Waals surface area (Å²) >= 11 is 0. The Morgan fingerprint density at radius 1 is 1.21 bits per heavy atom. The molecular formula is C23H31F4N5O. The highest BCUT2D eigenvalue weighted by atomic mass is 19.3. The smallest absolute Gasteiger partial charge is 0.248 e. The number of imidazole rings is 1. The molecule has 182 valence electrons. The summed E-state index contributed by atoms with van der Waals surface area (Å²) in [5.74, 6) is -5.81. The molecule has 1 amide bonds. The normalized spacial score (nSPS) is 22.8. The maximum atomic E-state index is 13.5. The van der Waals surface area contributed by atoms with Crippen molar-refractivity contribution >= 4 is 11.6 Å². The van der Waals surface area contributed by atoms with Crippen LogP contribution in [0.3, 0.4) is 0 Å². The lowest BCUT2D eigenvalue weighted by Crippen LogP contribution is -2.40. The predicted octanol–water partition coefficient (Wildman–Crippen LogP) is 4.80. The number of amides is 1. The highest BCUT2D eigenvalue weighted by Crippen LogP contribution is 2.44. The Bertz CT molecular complexity index is 990. The molecule has 4 rings (SSSR count). The number of carbonyl (C=O) groups excluding carboxylic acids is 1. The van der Waals surface area contributed by atoms with Crippen LogP contribution >= 0.6 is 0 Å². The number of carbonyl (C=O) groups is 1. The van der Waals surface area contributed by atoms with E-state index in [1.807, 2.05) is 19.9 Å². The Kier molecular flexibility index (Phi) is 6.41. The van der Waals surface area contributed by atoms with Crippen molar-refractivity contribution in [2.24, 2.45) is 23.5 Å². The molecule has 33 heavy (non-hydrogen) atoms. The van der Waals surface area contributed by atoms with Crippen LogP contribution in [0, 0.1) is 17.8 Å². The van der Waals surface area contributed by atoms with E-state index in [4.69, 9.17) is 5.73 Å². The standard InChI is InChI=1S/C23H31F4N5O/c1-13(2)21(31-19(33)7-14-9-23(26,27)10-14)16-8-18-30-17(12-32(18)29-11-16)20(28)15-3-5-22(24,25)6-4-15/h8,11-15,20-21H,3-7,9-10,28H2,1-2H3,(H,31,33)/t20-,21?/m0/s1. The van der Waals surface area contributed by atoms with E-state index in [-0.39, 0.29) is 61.8 Å². The van der Waals surface area contributed by atoms with Gasteiger partial charge in [-0.05, 0) is 42.2 Å². The van der Waals surface area contributed by atoms with Gasteiger partial charge in [0, 0.05) is 32.1 Å². The largest absolute Gasteiger partial charge is 0.349 e. The van der Waals surface area contributed by atoms with Crippen molar-refractivity contribution in [3.63, 3.8) is 0 Å². The predicted molar refractivity (Wildman–Crippen MR) is 115 cm³/mol. The molecule has 0 radical (unpaired) electrons. The summed E-state index contributed by atoms with van der Waals surface area (Å²) in [5, 5.41) is 7.35. The third-order valence-electron chi connectivity index (χ3n) is 6.96. The second kappa shape index (κ2) is 8.85. The van der Waals surface area contributed by atoms with Gasteiger partial charge < -0.3 is 11.1 Å². The van der Waals surface area contributed by atoms with Crippen molar-refractivity contribution in [3.8, 4) is 0 Å². The first-order chi connectivity index (χ1) is 15.4. The molecule has 0 spiro atoms. The summed E-state index contributed by atoms with van der Waals surface area (Å²) in [7, 11) is 0. The third kappa shape index (κ3) is 5.47. The van der Waals surface area contributed by atoms with Crippen molar-refractivity contribution in [3.05, 3.63) is 29.7 Å². The van der Waals surface area contributed by atoms with Crippen molar-refractivity contribution in [1.82, 2.24) is 19.9 Å². The number of fused-ring (bicyclic) bond motifs is 1. The van der Waals surface area contributed by atoms with Gasteiger partial charge in [0.1, 0.15) is 0 Å². The molecule has 2 saturated carbocycles. The monoisotopic (exact) mass is 469 g/mol. The van der Waals surface area contributed by atoms with E-state index >= 15 is 0 Å². The third-order valence-corrected chi connectivity index (χ3v) is 6.96. The van der Waals surface area contributed by atoms with Crippen LogP contribution < -0.4 is 11.1 Å². The van der Waals surface area contributed by atoms with Crippen molar-refractivity contribution in [2.75, 3.05) is 0 Å². The molecule has 0 saturated heterocycles. The minimum atomic E-state index is -2.64. The summed E-state index contributed by atoms with van der Waals surface area (Å²) in [6, 6.07) is 1.03. The minimum absolute atomic E-state index is 0.0432. The van der Waals surface area contributed by atoms with Crippen LogP contribution in [0.4, 0.5) is 17.6 Å². The number of hydrogen-bond donors (Lipinski definition) is 2. The van der Waals surface area contributed by atoms with Crippen molar-refractivity contribution in [1.29, 1.82) is 0 Å². The van der Waals surface area contributed by atoms with Crippen LogP contribution in [0.15, 0.2) is 18.5 Å². The minimum Gasteiger partial charge on any atom is -0.349 e. The SMILES string of the molecule is CC(C)C(NC(=O)CC1CC(F)(F)C1)c1cnn2cc([C@@H](N)C3CCC(F)(F)CC3)nc2c1. The highest BCUT2D eigenvalue weighted by molar-refractivity contribution is 5.77. The second-order valence-corrected chi connectivity index (χ2v) is 10.1. The molecular weight excluding hydrogens is 438 g/mol. The van der Waals surface area contributed by atoms with E-state index in [2.05, 4.69) is 15.4 Å². The fourth-order valence-electron chi connectivity index (χ4n) is 4.96. The highest BCUT2D eigenvalue weighted by Gasteiger charge is 2.45. The van der Waals surface area contributed by atoms with Crippen LogP contribution in [-0.2, 0) is 4.79 Å². The quantitative estimate of drug-likeness (QED) is 0.571. The molecule has 2 heterocycles. The van der Waals surface area contributed by atoms with Crippen LogP contribution in [0.1, 0.15) is 82.1 Å². The van der Waals surface area contributed by atoms with Gasteiger partial charge in [-0.2, -0.15) is 5.10 Å². The number of nitrogens with one attached hydrogen (secondary N) is 1. The number of alkyl halides is 4. The Labute approximate surface area is 190 Å². The topological polar surface area (TPSA) is 85.3 Å². The number of nitrogens with two attached hydrogens (primary N) is 1. The van der Waals surface area contributed by atoms with Crippen molar-refractivity contribution in [2.45, 2.75) is 82.7 Å². The van der Waals surface area contributed by atoms with E-state index in [1.165, 1.54) is 0 Å². The molecule has 2 aliphatic carbocycles. The van der Waals surface area contributed by atoms with Crippen LogP contribution in [0.5, 0.6) is 0 Å². The molecule has 0 aromatic carbocycles. The Hall–Kier alpha value is -2.23. The molecule has 1 unspecified atom stereocenters. The van der Waals surface area contributed by atoms with Gasteiger partial charge in [0.2, 0.25) is 17.8 Å². The molecule has 2 atom stereocenters. The summed E-state index contributed by atoms with van der Waals surface area (Å²) in [4.78, 5) is 17.0. The van der Waals surface area contributed by atoms with E-state index in [9.17, 15) is 22.4 Å². The number of hydrogen-bond acceptors (Lipinski definition) is 4. The van der Waals surface area contributed by atoms with Gasteiger partial charge in [-0.3, -0.25) is 4.79 Å². The zero-order chi connectivity index (χ0) is 24.0. The fraction of sp³-hybridized carbons (Fsp3) is 0.696. The maximum Gasteiger partial charge on any atom is 0.248 e. The lowest BCUT2D eigenvalue weighted by molar-refractivity contribution is -0.134. The molecule has 0 aliphatic heterocycles. The number of nitrogens with zero attached hydrogens (tertiary/aromatic N) is 3. The fourth-order valence-corrected chi connectivity index (χ4v) is 4.96. The first-order valence-corrected chi connectivity index (χ1v) is 11.6. The average molecular weight is 470 g/mol. The molecule has 2 fully saturated rings. The van der Waals surface area contributed by atoms with Gasteiger partial charge in [0.15, 0.2) is 5.65 Å². The Morgan fingerprint density at radius 2 is 1.88 bits per heavy atom. The lowest BCUT2D eigenvalue weighted by atomic mass is 9.79. The maximum absolute atomic E-state index is 13.5. The summed E-state index contributed by atoms with van der Waals surface area (Å²) < 4.78 is 54.7. The molecule has 2 aromatic heterocycles. The molecule has 6 nitrogen and oxygen atoms in total. The van der Waals surface area contributed by atoms with E-state index in [0.29, 0.717) is 24.2 Å². The van der Waals surface area contributed by atoms with Gasteiger partial charge in [0.05, 0.1) is 30.2 Å². The van der Waals surface area contributed by atoms with Crippen molar-refractivity contribution < 1.29 is 22.4 Å². The molecule has 0 bridgehead atoms. The number of halogens is 4. The molecule has 2 aromatic rings. The zero-order valence-electron chi connectivity index (χ0n) is 18.9. The van der Waals surface area contributed by atoms with E-state index in [1.54, 1.807) is 16.9 Å². The summed E-state index contributed by atoms with van der Waals surface area (Å²) in [6.45, 7) is 3.91. The first-order valence-electron chi connectivity index (χ1n) is 11.6. The molecule has 3 N–H and O–H groups in total. The second-order valence-electron chi connectivity index (χ2n) is 10.1. The average Bonchev–Trinajstić information content (AvgIpc) is 3.13.